The standard InChI is InChI=1S/C9H7ClN2O3/c1-14-9(13)8-7(11)6-4(10)2-12-3-5(6)15-8/h2-3H,11H2,1H3. The van der Waals surface area contributed by atoms with Crippen LogP contribution in [-0.4, -0.2) is 18.1 Å². The Kier molecular flexibility index (Phi) is 2.24. The van der Waals surface area contributed by atoms with Crippen LogP contribution in [0, 0.1) is 0 Å². The van der Waals surface area contributed by atoms with Gasteiger partial charge in [0.15, 0.2) is 5.58 Å². The quantitative estimate of drug-likeness (QED) is 0.751. The van der Waals surface area contributed by atoms with Gasteiger partial charge in [-0.1, -0.05) is 11.6 Å². The summed E-state index contributed by atoms with van der Waals surface area (Å²) in [6.07, 6.45) is 2.86. The smallest absolute Gasteiger partial charge is 0.376 e. The number of anilines is 1. The fourth-order valence-electron chi connectivity index (χ4n) is 1.28. The predicted octanol–water partition coefficient (Wildman–Crippen LogP) is 1.85. The molecule has 0 atom stereocenters. The van der Waals surface area contributed by atoms with Gasteiger partial charge in [0.05, 0.1) is 29.4 Å². The second-order valence-corrected chi connectivity index (χ2v) is 3.24. The average Bonchev–Trinajstić information content (AvgIpc) is 2.56. The molecule has 2 heterocycles. The summed E-state index contributed by atoms with van der Waals surface area (Å²) in [5.41, 5.74) is 6.24. The molecule has 2 rings (SSSR count). The summed E-state index contributed by atoms with van der Waals surface area (Å²) in [5, 5.41) is 0.816. The van der Waals surface area contributed by atoms with Gasteiger partial charge in [0.25, 0.3) is 0 Å². The van der Waals surface area contributed by atoms with Crippen LogP contribution >= 0.6 is 11.6 Å². The molecule has 0 bridgehead atoms. The Labute approximate surface area is 89.8 Å². The van der Waals surface area contributed by atoms with E-state index in [0.29, 0.717) is 16.0 Å². The maximum absolute atomic E-state index is 11.3. The molecule has 0 aromatic carbocycles. The maximum Gasteiger partial charge on any atom is 0.376 e. The number of ether oxygens (including phenoxy) is 1. The van der Waals surface area contributed by atoms with Crippen molar-refractivity contribution in [3.8, 4) is 0 Å². The summed E-state index contributed by atoms with van der Waals surface area (Å²) >= 11 is 5.87. The van der Waals surface area contributed by atoms with Crippen LogP contribution in [0.2, 0.25) is 5.02 Å². The van der Waals surface area contributed by atoms with Crippen molar-refractivity contribution in [2.45, 2.75) is 0 Å². The summed E-state index contributed by atoms with van der Waals surface area (Å²) in [6.45, 7) is 0. The number of hydrogen-bond acceptors (Lipinski definition) is 5. The van der Waals surface area contributed by atoms with Crippen LogP contribution in [0.15, 0.2) is 16.8 Å². The number of rotatable bonds is 1. The monoisotopic (exact) mass is 226 g/mol. The molecule has 6 heteroatoms. The lowest BCUT2D eigenvalue weighted by Gasteiger charge is -1.94. The number of hydrogen-bond donors (Lipinski definition) is 1. The summed E-state index contributed by atoms with van der Waals surface area (Å²) in [4.78, 5) is 15.1. The van der Waals surface area contributed by atoms with Gasteiger partial charge < -0.3 is 14.9 Å². The van der Waals surface area contributed by atoms with Crippen molar-refractivity contribution in [2.24, 2.45) is 0 Å². The number of furan rings is 1. The third kappa shape index (κ3) is 1.41. The normalized spacial score (nSPS) is 10.5. The number of pyridine rings is 1. The van der Waals surface area contributed by atoms with Crippen LogP contribution in [0.1, 0.15) is 10.6 Å². The number of nitrogens with zero attached hydrogens (tertiary/aromatic N) is 1. The molecule has 0 spiro atoms. The number of aromatic nitrogens is 1. The summed E-state index contributed by atoms with van der Waals surface area (Å²) in [5.74, 6) is -0.692. The molecule has 2 aromatic rings. The molecule has 0 radical (unpaired) electrons. The summed E-state index contributed by atoms with van der Waals surface area (Å²) < 4.78 is 9.70. The lowest BCUT2D eigenvalue weighted by atomic mass is 10.2. The molecule has 0 aliphatic rings. The molecule has 15 heavy (non-hydrogen) atoms. The van der Waals surface area contributed by atoms with Gasteiger partial charge in [-0.05, 0) is 0 Å². The Morgan fingerprint density at radius 1 is 1.60 bits per heavy atom. The van der Waals surface area contributed by atoms with Gasteiger partial charge in [0, 0.05) is 6.20 Å². The number of carbonyl (C=O) groups excluding carboxylic acids is 1. The van der Waals surface area contributed by atoms with E-state index in [9.17, 15) is 4.79 Å². The molecule has 0 saturated carbocycles. The highest BCUT2D eigenvalue weighted by Crippen LogP contribution is 2.33. The number of nitrogens with two attached hydrogens (primary N) is 1. The highest BCUT2D eigenvalue weighted by Gasteiger charge is 2.20. The molecule has 0 unspecified atom stereocenters. The zero-order valence-electron chi connectivity index (χ0n) is 7.78. The van der Waals surface area contributed by atoms with Crippen molar-refractivity contribution < 1.29 is 13.9 Å². The summed E-state index contributed by atoms with van der Waals surface area (Å²) in [7, 11) is 1.24. The molecular formula is C9H7ClN2O3. The van der Waals surface area contributed by atoms with Gasteiger partial charge in [0.1, 0.15) is 0 Å². The van der Waals surface area contributed by atoms with Crippen LogP contribution in [0.5, 0.6) is 0 Å². The van der Waals surface area contributed by atoms with E-state index in [1.807, 2.05) is 0 Å². The molecular weight excluding hydrogens is 220 g/mol. The first-order valence-electron chi connectivity index (χ1n) is 4.05. The maximum atomic E-state index is 11.3. The molecule has 5 nitrogen and oxygen atoms in total. The lowest BCUT2D eigenvalue weighted by Crippen LogP contribution is -2.02. The van der Waals surface area contributed by atoms with Gasteiger partial charge in [-0.3, -0.25) is 4.98 Å². The van der Waals surface area contributed by atoms with Crippen molar-refractivity contribution >= 4 is 34.2 Å². The highest BCUT2D eigenvalue weighted by atomic mass is 35.5. The Bertz CT molecular complexity index is 535. The predicted molar refractivity (Wildman–Crippen MR) is 54.8 cm³/mol. The number of nitrogen functional groups attached to an aromatic ring is 1. The van der Waals surface area contributed by atoms with Gasteiger partial charge in [-0.15, -0.1) is 0 Å². The SMILES string of the molecule is COC(=O)c1oc2cncc(Cl)c2c1N. The van der Waals surface area contributed by atoms with E-state index >= 15 is 0 Å². The fourth-order valence-corrected chi connectivity index (χ4v) is 1.53. The third-order valence-electron chi connectivity index (χ3n) is 1.96. The topological polar surface area (TPSA) is 78.3 Å². The van der Waals surface area contributed by atoms with Crippen molar-refractivity contribution in [2.75, 3.05) is 12.8 Å². The Hall–Kier alpha value is -1.75. The van der Waals surface area contributed by atoms with Gasteiger partial charge in [-0.2, -0.15) is 0 Å². The van der Waals surface area contributed by atoms with E-state index in [1.165, 1.54) is 19.5 Å². The third-order valence-corrected chi connectivity index (χ3v) is 2.25. The number of halogens is 1. The molecule has 2 N–H and O–H groups in total. The second kappa shape index (κ2) is 3.43. The van der Waals surface area contributed by atoms with E-state index in [1.54, 1.807) is 0 Å². The van der Waals surface area contributed by atoms with Crippen LogP contribution in [-0.2, 0) is 4.74 Å². The van der Waals surface area contributed by atoms with Crippen LogP contribution in [0.4, 0.5) is 5.69 Å². The van der Waals surface area contributed by atoms with E-state index in [4.69, 9.17) is 21.8 Å². The molecule has 0 fully saturated rings. The minimum Gasteiger partial charge on any atom is -0.463 e. The van der Waals surface area contributed by atoms with Crippen molar-refractivity contribution in [3.63, 3.8) is 0 Å². The number of esters is 1. The van der Waals surface area contributed by atoms with Crippen molar-refractivity contribution in [3.05, 3.63) is 23.2 Å². The Balaban J connectivity index is 2.75. The van der Waals surface area contributed by atoms with Crippen molar-refractivity contribution in [1.29, 1.82) is 0 Å². The fraction of sp³-hybridized carbons (Fsp3) is 0.111. The first-order chi connectivity index (χ1) is 7.15. The van der Waals surface area contributed by atoms with Gasteiger partial charge in [-0.25, -0.2) is 4.79 Å². The zero-order valence-corrected chi connectivity index (χ0v) is 8.54. The van der Waals surface area contributed by atoms with Crippen LogP contribution < -0.4 is 5.73 Å². The number of fused-ring (bicyclic) bond motifs is 1. The lowest BCUT2D eigenvalue weighted by molar-refractivity contribution is 0.0569. The minimum atomic E-state index is -0.639. The zero-order chi connectivity index (χ0) is 11.0. The minimum absolute atomic E-state index is 0.0533. The Morgan fingerprint density at radius 3 is 2.93 bits per heavy atom. The molecule has 2 aromatic heterocycles. The van der Waals surface area contributed by atoms with E-state index in [2.05, 4.69) is 9.72 Å². The molecule has 78 valence electrons. The molecule has 0 saturated heterocycles. The van der Waals surface area contributed by atoms with E-state index in [0.717, 1.165) is 0 Å². The average molecular weight is 227 g/mol. The van der Waals surface area contributed by atoms with Gasteiger partial charge in [0.2, 0.25) is 5.76 Å². The van der Waals surface area contributed by atoms with E-state index < -0.39 is 5.97 Å². The van der Waals surface area contributed by atoms with Crippen LogP contribution in [0.25, 0.3) is 11.0 Å². The first kappa shape index (κ1) is 9.79. The second-order valence-electron chi connectivity index (χ2n) is 2.83. The molecule has 0 aliphatic heterocycles. The van der Waals surface area contributed by atoms with Crippen LogP contribution in [0.3, 0.4) is 0 Å². The largest absolute Gasteiger partial charge is 0.463 e. The Morgan fingerprint density at radius 2 is 2.33 bits per heavy atom. The molecule has 0 amide bonds. The highest BCUT2D eigenvalue weighted by molar-refractivity contribution is 6.36. The first-order valence-corrected chi connectivity index (χ1v) is 4.42. The molecule has 0 aliphatic carbocycles. The van der Waals surface area contributed by atoms with Crippen molar-refractivity contribution in [1.82, 2.24) is 4.98 Å². The summed E-state index contributed by atoms with van der Waals surface area (Å²) in [6, 6.07) is 0. The number of methoxy groups -OCH3 is 1. The van der Waals surface area contributed by atoms with Gasteiger partial charge >= 0.3 is 5.97 Å². The van der Waals surface area contributed by atoms with E-state index in [-0.39, 0.29) is 11.4 Å². The number of carbonyl (C=O) groups is 1.